The first-order valence-electron chi connectivity index (χ1n) is 20.6. The van der Waals surface area contributed by atoms with Crippen LogP contribution in [-0.2, 0) is 57.6 Å². The number of benzene rings is 3. The molecule has 0 bridgehead atoms. The Morgan fingerprint density at radius 3 is 1.52 bits per heavy atom. The number of aromatic hydroxyl groups is 2. The lowest BCUT2D eigenvalue weighted by molar-refractivity contribution is -0.148. The second-order valence-electron chi connectivity index (χ2n) is 14.8. The van der Waals surface area contributed by atoms with Gasteiger partial charge in [-0.2, -0.15) is 0 Å². The first kappa shape index (κ1) is 52.2. The van der Waals surface area contributed by atoms with Crippen molar-refractivity contribution >= 4 is 70.4 Å². The SMILES string of the molecule is CCOC(=O)[C@H](Cc1ccc(N(CCCl)CCCl)cc1)NC(=O)[C@@H](CCC(=O)O)NC(=O)[C@@H](Cc1ccc(O)cc1)NC(=O)[C@@H](CCCC(=O)O)NC(=O)[C@H](N)Cc1ccc(O)cc1. The maximum atomic E-state index is 14.2. The predicted molar refractivity (Wildman–Crippen MR) is 238 cm³/mol. The fourth-order valence-corrected chi connectivity index (χ4v) is 6.91. The van der Waals surface area contributed by atoms with E-state index in [0.717, 1.165) is 5.69 Å². The minimum Gasteiger partial charge on any atom is -0.508 e. The maximum Gasteiger partial charge on any atom is 0.328 e. The van der Waals surface area contributed by atoms with Gasteiger partial charge in [0.05, 0.1) is 12.6 Å². The summed E-state index contributed by atoms with van der Waals surface area (Å²) in [6.07, 6.45) is -1.84. The highest BCUT2D eigenvalue weighted by Gasteiger charge is 2.33. The number of nitrogens with zero attached hydrogens (tertiary/aromatic N) is 1. The van der Waals surface area contributed by atoms with Crippen LogP contribution in [0.4, 0.5) is 5.69 Å². The van der Waals surface area contributed by atoms with E-state index in [-0.39, 0.29) is 56.6 Å². The minimum atomic E-state index is -1.55. The lowest BCUT2D eigenvalue weighted by Gasteiger charge is -2.27. The van der Waals surface area contributed by atoms with E-state index in [1.807, 2.05) is 17.0 Å². The van der Waals surface area contributed by atoms with Crippen molar-refractivity contribution in [1.29, 1.82) is 0 Å². The number of hydrogen-bond acceptors (Lipinski definition) is 12. The molecule has 0 unspecified atom stereocenters. The number of ether oxygens (including phenoxy) is 1. The van der Waals surface area contributed by atoms with Crippen LogP contribution in [0.15, 0.2) is 72.8 Å². The standard InChI is InChI=1S/C44H56Cl2N6O12/c1-2-64-44(63)37(26-28-6-12-30(13-7-28)52(22-20-45)23-21-46)51-42(61)35(18-19-39(57)58)49-43(62)36(25-29-10-16-32(54)17-11-29)50-41(60)34(4-3-5-38(55)56)48-40(59)33(47)24-27-8-14-31(53)15-9-27/h6-17,33-37,53-54H,2-5,18-26,47H2,1H3,(H,48,59)(H,49,62)(H,50,60)(H,51,61)(H,55,56)(H,57,58)/t33-,34-,35-,36-,37+/m1/s1. The van der Waals surface area contributed by atoms with Crippen LogP contribution in [0.2, 0.25) is 0 Å². The number of hydrogen-bond donors (Lipinski definition) is 9. The number of phenols is 2. The zero-order valence-electron chi connectivity index (χ0n) is 35.3. The Hall–Kier alpha value is -6.11. The normalized spacial score (nSPS) is 13.2. The van der Waals surface area contributed by atoms with Gasteiger partial charge < -0.3 is 57.1 Å². The molecule has 0 saturated carbocycles. The molecule has 18 nitrogen and oxygen atoms in total. The fourth-order valence-electron chi connectivity index (χ4n) is 6.50. The third kappa shape index (κ3) is 18.3. The number of carbonyl (C=O) groups is 7. The van der Waals surface area contributed by atoms with E-state index in [0.29, 0.717) is 41.5 Å². The summed E-state index contributed by atoms with van der Waals surface area (Å²) in [7, 11) is 0. The Morgan fingerprint density at radius 2 is 1.02 bits per heavy atom. The van der Waals surface area contributed by atoms with Crippen LogP contribution >= 0.6 is 23.2 Å². The quantitative estimate of drug-likeness (QED) is 0.0374. The molecular formula is C44H56Cl2N6O12. The first-order valence-corrected chi connectivity index (χ1v) is 21.7. The fraction of sp³-hybridized carbons (Fsp3) is 0.432. The van der Waals surface area contributed by atoms with E-state index >= 15 is 0 Å². The molecule has 20 heteroatoms. The Labute approximate surface area is 380 Å². The van der Waals surface area contributed by atoms with Gasteiger partial charge in [0, 0.05) is 56.2 Å². The summed E-state index contributed by atoms with van der Waals surface area (Å²) >= 11 is 11.9. The first-order chi connectivity index (χ1) is 30.5. The molecule has 348 valence electrons. The number of nitrogens with one attached hydrogen (secondary N) is 4. The Balaban J connectivity index is 1.89. The second-order valence-corrected chi connectivity index (χ2v) is 15.6. The summed E-state index contributed by atoms with van der Waals surface area (Å²) in [5.41, 5.74) is 8.66. The van der Waals surface area contributed by atoms with Crippen LogP contribution in [0.25, 0.3) is 0 Å². The number of anilines is 1. The zero-order valence-corrected chi connectivity index (χ0v) is 36.9. The van der Waals surface area contributed by atoms with E-state index in [4.69, 9.17) is 33.7 Å². The molecule has 0 spiro atoms. The zero-order chi connectivity index (χ0) is 47.2. The molecule has 0 heterocycles. The lowest BCUT2D eigenvalue weighted by atomic mass is 10.0. The number of carboxylic acids is 2. The highest BCUT2D eigenvalue weighted by Crippen LogP contribution is 2.18. The summed E-state index contributed by atoms with van der Waals surface area (Å²) in [6, 6.07) is 11.9. The molecule has 64 heavy (non-hydrogen) atoms. The van der Waals surface area contributed by atoms with Crippen molar-refractivity contribution in [2.45, 2.75) is 88.5 Å². The van der Waals surface area contributed by atoms with Gasteiger partial charge in [0.2, 0.25) is 23.6 Å². The number of alkyl halides is 2. The van der Waals surface area contributed by atoms with Gasteiger partial charge in [-0.05, 0) is 85.7 Å². The second kappa shape index (κ2) is 27.2. The van der Waals surface area contributed by atoms with Gasteiger partial charge >= 0.3 is 17.9 Å². The van der Waals surface area contributed by atoms with Crippen LogP contribution in [0.3, 0.4) is 0 Å². The average Bonchev–Trinajstić information content (AvgIpc) is 3.25. The maximum absolute atomic E-state index is 14.2. The Morgan fingerprint density at radius 1 is 0.594 bits per heavy atom. The number of phenolic OH excluding ortho intramolecular Hbond substituents is 2. The largest absolute Gasteiger partial charge is 0.508 e. The summed E-state index contributed by atoms with van der Waals surface area (Å²) in [6.45, 7) is 2.65. The molecule has 3 rings (SSSR count). The number of carboxylic acid groups (broad SMARTS) is 2. The number of rotatable bonds is 28. The third-order valence-electron chi connectivity index (χ3n) is 9.87. The van der Waals surface area contributed by atoms with E-state index in [1.165, 1.54) is 36.4 Å². The van der Waals surface area contributed by atoms with Crippen molar-refractivity contribution in [3.8, 4) is 11.5 Å². The molecule has 0 aliphatic rings. The highest BCUT2D eigenvalue weighted by atomic mass is 35.5. The van der Waals surface area contributed by atoms with E-state index in [9.17, 15) is 54.0 Å². The predicted octanol–water partition coefficient (Wildman–Crippen LogP) is 2.36. The van der Waals surface area contributed by atoms with Crippen LogP contribution in [-0.4, -0.2) is 124 Å². The monoisotopic (exact) mass is 930 g/mol. The van der Waals surface area contributed by atoms with Gasteiger partial charge in [-0.1, -0.05) is 36.4 Å². The number of nitrogens with two attached hydrogens (primary N) is 1. The highest BCUT2D eigenvalue weighted by molar-refractivity contribution is 6.18. The molecular weight excluding hydrogens is 875 g/mol. The molecule has 0 aliphatic carbocycles. The minimum absolute atomic E-state index is 0.00418. The molecule has 0 fully saturated rings. The number of halogens is 2. The lowest BCUT2D eigenvalue weighted by Crippen LogP contribution is -2.59. The van der Waals surface area contributed by atoms with Gasteiger partial charge in [-0.3, -0.25) is 28.8 Å². The summed E-state index contributed by atoms with van der Waals surface area (Å²) in [4.78, 5) is 93.6. The summed E-state index contributed by atoms with van der Waals surface area (Å²) in [5, 5.41) is 48.5. The number of aliphatic carboxylic acids is 2. The average molecular weight is 932 g/mol. The van der Waals surface area contributed by atoms with Gasteiger partial charge in [0.25, 0.3) is 0 Å². The van der Waals surface area contributed by atoms with Crippen molar-refractivity contribution in [3.63, 3.8) is 0 Å². The Kier molecular flexibility index (Phi) is 22.2. The van der Waals surface area contributed by atoms with Crippen molar-refractivity contribution < 1.29 is 58.7 Å². The van der Waals surface area contributed by atoms with Crippen molar-refractivity contribution in [2.24, 2.45) is 5.73 Å². The van der Waals surface area contributed by atoms with Crippen molar-refractivity contribution in [2.75, 3.05) is 36.4 Å². The molecule has 3 aromatic rings. The number of amides is 4. The topological polar surface area (TPSA) is 287 Å². The van der Waals surface area contributed by atoms with Gasteiger partial charge in [-0.25, -0.2) is 4.79 Å². The smallest absolute Gasteiger partial charge is 0.328 e. The number of carbonyl (C=O) groups excluding carboxylic acids is 5. The molecule has 0 radical (unpaired) electrons. The third-order valence-corrected chi connectivity index (χ3v) is 10.2. The van der Waals surface area contributed by atoms with E-state index < -0.39 is 84.6 Å². The number of esters is 1. The van der Waals surface area contributed by atoms with Gasteiger partial charge in [-0.15, -0.1) is 23.2 Å². The molecule has 4 amide bonds. The van der Waals surface area contributed by atoms with Crippen LogP contribution in [0.5, 0.6) is 11.5 Å². The van der Waals surface area contributed by atoms with Gasteiger partial charge in [0.15, 0.2) is 0 Å². The van der Waals surface area contributed by atoms with Crippen LogP contribution in [0, 0.1) is 0 Å². The molecule has 0 aromatic heterocycles. The van der Waals surface area contributed by atoms with Crippen molar-refractivity contribution in [3.05, 3.63) is 89.5 Å². The van der Waals surface area contributed by atoms with Crippen LogP contribution in [0.1, 0.15) is 55.7 Å². The van der Waals surface area contributed by atoms with E-state index in [2.05, 4.69) is 21.3 Å². The van der Waals surface area contributed by atoms with Crippen LogP contribution < -0.4 is 31.9 Å². The summed E-state index contributed by atoms with van der Waals surface area (Å²) < 4.78 is 5.24. The molecule has 5 atom stereocenters. The Bertz CT molecular complexity index is 2000. The van der Waals surface area contributed by atoms with Gasteiger partial charge in [0.1, 0.15) is 35.7 Å². The molecule has 10 N–H and O–H groups in total. The molecule has 0 saturated heterocycles. The molecule has 3 aromatic carbocycles. The summed E-state index contributed by atoms with van der Waals surface area (Å²) in [5.74, 6) is -6.11. The van der Waals surface area contributed by atoms with E-state index in [1.54, 1.807) is 31.2 Å². The molecule has 0 aliphatic heterocycles. The van der Waals surface area contributed by atoms with Crippen molar-refractivity contribution in [1.82, 2.24) is 21.3 Å².